The smallest absolute Gasteiger partial charge is 0.224 e. The van der Waals surface area contributed by atoms with Crippen LogP contribution in [0, 0.1) is 5.92 Å². The third kappa shape index (κ3) is 4.87. The predicted octanol–water partition coefficient (Wildman–Crippen LogP) is 2.90. The van der Waals surface area contributed by atoms with Gasteiger partial charge in [0, 0.05) is 31.1 Å². The molecule has 1 saturated carbocycles. The lowest BCUT2D eigenvalue weighted by molar-refractivity contribution is -0.125. The van der Waals surface area contributed by atoms with Gasteiger partial charge in [0.15, 0.2) is 0 Å². The van der Waals surface area contributed by atoms with Crippen LogP contribution in [-0.4, -0.2) is 69.6 Å². The standard InChI is InChI=1S/C23H37N3O2/c1-25(2)20-10-7-18(15-26(3)16-20)22(27)24-17-23(13-5-6-14-23)19-8-11-21(28-4)12-9-19/h8-9,11-12,18,20H,5-7,10,13-17H2,1-4H3,(H,24,27)/t18-,20+/m1/s1. The molecule has 0 unspecified atom stereocenters. The molecule has 156 valence electrons. The lowest BCUT2D eigenvalue weighted by Gasteiger charge is -2.31. The summed E-state index contributed by atoms with van der Waals surface area (Å²) in [4.78, 5) is 17.6. The lowest BCUT2D eigenvalue weighted by atomic mass is 9.78. The van der Waals surface area contributed by atoms with Gasteiger partial charge in [0.2, 0.25) is 5.91 Å². The highest BCUT2D eigenvalue weighted by Gasteiger charge is 2.37. The lowest BCUT2D eigenvalue weighted by Crippen LogP contribution is -2.43. The molecule has 0 spiro atoms. The van der Waals surface area contributed by atoms with E-state index in [0.717, 1.165) is 51.1 Å². The second-order valence-corrected chi connectivity index (χ2v) is 9.05. The average Bonchev–Trinajstić information content (AvgIpc) is 3.09. The van der Waals surface area contributed by atoms with Gasteiger partial charge in [-0.3, -0.25) is 4.79 Å². The molecule has 1 N–H and O–H groups in total. The number of benzene rings is 1. The van der Waals surface area contributed by atoms with E-state index in [9.17, 15) is 4.79 Å². The molecule has 5 heteroatoms. The summed E-state index contributed by atoms with van der Waals surface area (Å²) < 4.78 is 5.31. The van der Waals surface area contributed by atoms with E-state index in [1.165, 1.54) is 18.4 Å². The molecule has 2 atom stereocenters. The van der Waals surface area contributed by atoms with Gasteiger partial charge in [0.1, 0.15) is 5.75 Å². The van der Waals surface area contributed by atoms with Crippen molar-refractivity contribution in [2.24, 2.45) is 5.92 Å². The van der Waals surface area contributed by atoms with E-state index in [2.05, 4.69) is 48.4 Å². The van der Waals surface area contributed by atoms with Crippen LogP contribution in [0.15, 0.2) is 24.3 Å². The van der Waals surface area contributed by atoms with Gasteiger partial charge in [-0.05, 0) is 64.5 Å². The van der Waals surface area contributed by atoms with Gasteiger partial charge in [-0.1, -0.05) is 25.0 Å². The monoisotopic (exact) mass is 387 g/mol. The minimum absolute atomic E-state index is 0.0741. The Balaban J connectivity index is 1.64. The fourth-order valence-corrected chi connectivity index (χ4v) is 4.99. The Bertz CT molecular complexity index is 638. The van der Waals surface area contributed by atoms with Gasteiger partial charge in [-0.25, -0.2) is 0 Å². The molecule has 1 aromatic rings. The molecule has 1 heterocycles. The summed E-state index contributed by atoms with van der Waals surface area (Å²) in [5.74, 6) is 1.20. The summed E-state index contributed by atoms with van der Waals surface area (Å²) in [6, 6.07) is 8.97. The van der Waals surface area contributed by atoms with E-state index in [0.29, 0.717) is 6.04 Å². The number of hydrogen-bond acceptors (Lipinski definition) is 4. The zero-order chi connectivity index (χ0) is 20.1. The molecule has 1 aromatic carbocycles. The highest BCUT2D eigenvalue weighted by molar-refractivity contribution is 5.79. The molecule has 1 aliphatic carbocycles. The first-order valence-electron chi connectivity index (χ1n) is 10.7. The zero-order valence-corrected chi connectivity index (χ0v) is 18.0. The summed E-state index contributed by atoms with van der Waals surface area (Å²) in [5, 5.41) is 3.34. The Kier molecular flexibility index (Phi) is 7.00. The Hall–Kier alpha value is -1.59. The fraction of sp³-hybridized carbons (Fsp3) is 0.696. The molecule has 1 aliphatic heterocycles. The Morgan fingerprint density at radius 2 is 1.86 bits per heavy atom. The van der Waals surface area contributed by atoms with Crippen molar-refractivity contribution >= 4 is 5.91 Å². The summed E-state index contributed by atoms with van der Waals surface area (Å²) in [5.41, 5.74) is 1.40. The molecule has 0 aromatic heterocycles. The van der Waals surface area contributed by atoms with Crippen LogP contribution in [0.25, 0.3) is 0 Å². The number of likely N-dealkylation sites (tertiary alicyclic amines) is 1. The number of nitrogens with one attached hydrogen (secondary N) is 1. The van der Waals surface area contributed by atoms with E-state index < -0.39 is 0 Å². The molecule has 28 heavy (non-hydrogen) atoms. The van der Waals surface area contributed by atoms with Crippen molar-refractivity contribution in [1.82, 2.24) is 15.1 Å². The van der Waals surface area contributed by atoms with Crippen molar-refractivity contribution in [3.63, 3.8) is 0 Å². The fourth-order valence-electron chi connectivity index (χ4n) is 4.99. The van der Waals surface area contributed by atoms with E-state index in [1.54, 1.807) is 7.11 Å². The summed E-state index contributed by atoms with van der Waals surface area (Å²) in [7, 11) is 8.11. The highest BCUT2D eigenvalue weighted by Crippen LogP contribution is 2.41. The van der Waals surface area contributed by atoms with Crippen molar-refractivity contribution in [1.29, 1.82) is 0 Å². The van der Waals surface area contributed by atoms with E-state index in [4.69, 9.17) is 4.74 Å². The van der Waals surface area contributed by atoms with Crippen LogP contribution in [-0.2, 0) is 10.2 Å². The second-order valence-electron chi connectivity index (χ2n) is 9.05. The largest absolute Gasteiger partial charge is 0.497 e. The molecule has 3 rings (SSSR count). The quantitative estimate of drug-likeness (QED) is 0.815. The number of likely N-dealkylation sites (N-methyl/N-ethyl adjacent to an activating group) is 2. The molecule has 5 nitrogen and oxygen atoms in total. The molecule has 1 saturated heterocycles. The van der Waals surface area contributed by atoms with Crippen molar-refractivity contribution in [3.8, 4) is 5.75 Å². The van der Waals surface area contributed by atoms with Gasteiger partial charge in [0.25, 0.3) is 0 Å². The molecule has 2 fully saturated rings. The number of amides is 1. The maximum absolute atomic E-state index is 13.0. The van der Waals surface area contributed by atoms with Gasteiger partial charge in [-0.15, -0.1) is 0 Å². The molecular formula is C23H37N3O2. The van der Waals surface area contributed by atoms with Gasteiger partial charge < -0.3 is 19.9 Å². The van der Waals surface area contributed by atoms with Gasteiger partial charge in [-0.2, -0.15) is 0 Å². The maximum atomic E-state index is 13.0. The first kappa shape index (κ1) is 21.1. The van der Waals surface area contributed by atoms with Gasteiger partial charge >= 0.3 is 0 Å². The van der Waals surface area contributed by atoms with Crippen LogP contribution in [0.2, 0.25) is 0 Å². The topological polar surface area (TPSA) is 44.8 Å². The van der Waals surface area contributed by atoms with Crippen LogP contribution in [0.5, 0.6) is 5.75 Å². The van der Waals surface area contributed by atoms with Crippen LogP contribution in [0.4, 0.5) is 0 Å². The van der Waals surface area contributed by atoms with E-state index >= 15 is 0 Å². The normalized spacial score (nSPS) is 25.5. The second kappa shape index (κ2) is 9.27. The number of hydrogen-bond donors (Lipinski definition) is 1. The first-order valence-corrected chi connectivity index (χ1v) is 10.7. The minimum atomic E-state index is 0.0741. The summed E-state index contributed by atoms with van der Waals surface area (Å²) >= 11 is 0. The van der Waals surface area contributed by atoms with Gasteiger partial charge in [0.05, 0.1) is 13.0 Å². The van der Waals surface area contributed by atoms with E-state index in [1.807, 2.05) is 12.1 Å². The number of carbonyl (C=O) groups excluding carboxylic acids is 1. The van der Waals surface area contributed by atoms with Crippen LogP contribution in [0.3, 0.4) is 0 Å². The summed E-state index contributed by atoms with van der Waals surface area (Å²) in [6.07, 6.45) is 6.81. The SMILES string of the molecule is COc1ccc(C2(CNC(=O)[C@@H]3CC[C@H](N(C)C)CN(C)C3)CCCC2)cc1. The van der Waals surface area contributed by atoms with Crippen LogP contribution >= 0.6 is 0 Å². The number of ether oxygens (including phenoxy) is 1. The zero-order valence-electron chi connectivity index (χ0n) is 18.0. The number of nitrogens with zero attached hydrogens (tertiary/aromatic N) is 2. The first-order chi connectivity index (χ1) is 13.4. The number of rotatable bonds is 6. The molecule has 1 amide bonds. The Morgan fingerprint density at radius 3 is 2.46 bits per heavy atom. The Morgan fingerprint density at radius 1 is 1.18 bits per heavy atom. The van der Waals surface area contributed by atoms with Crippen LogP contribution in [0.1, 0.15) is 44.1 Å². The minimum Gasteiger partial charge on any atom is -0.497 e. The van der Waals surface area contributed by atoms with E-state index in [-0.39, 0.29) is 17.2 Å². The third-order valence-electron chi connectivity index (χ3n) is 6.87. The molecular weight excluding hydrogens is 350 g/mol. The number of methoxy groups -OCH3 is 1. The highest BCUT2D eigenvalue weighted by atomic mass is 16.5. The van der Waals surface area contributed by atoms with Crippen molar-refractivity contribution < 1.29 is 9.53 Å². The molecule has 2 aliphatic rings. The predicted molar refractivity (Wildman–Crippen MR) is 114 cm³/mol. The maximum Gasteiger partial charge on any atom is 0.224 e. The number of carbonyl (C=O) groups is 1. The Labute approximate surface area is 170 Å². The molecule has 0 bridgehead atoms. The molecule has 0 radical (unpaired) electrons. The van der Waals surface area contributed by atoms with Crippen molar-refractivity contribution in [2.45, 2.75) is 50.0 Å². The third-order valence-corrected chi connectivity index (χ3v) is 6.87. The summed E-state index contributed by atoms with van der Waals surface area (Å²) in [6.45, 7) is 2.63. The van der Waals surface area contributed by atoms with Crippen molar-refractivity contribution in [2.75, 3.05) is 47.9 Å². The van der Waals surface area contributed by atoms with Crippen LogP contribution < -0.4 is 10.1 Å². The average molecular weight is 388 g/mol. The van der Waals surface area contributed by atoms with Crippen molar-refractivity contribution in [3.05, 3.63) is 29.8 Å².